The van der Waals surface area contributed by atoms with Gasteiger partial charge in [0.1, 0.15) is 11.9 Å². The quantitative estimate of drug-likeness (QED) is 0.836. The van der Waals surface area contributed by atoms with Crippen LogP contribution in [-0.4, -0.2) is 18.1 Å². The van der Waals surface area contributed by atoms with E-state index < -0.39 is 5.91 Å². The van der Waals surface area contributed by atoms with Crippen molar-refractivity contribution in [2.24, 2.45) is 11.5 Å². The number of primary amides is 1. The maximum Gasteiger partial charge on any atom is 0.252 e. The molecule has 5 heteroatoms. The van der Waals surface area contributed by atoms with Gasteiger partial charge in [-0.05, 0) is 31.0 Å². The molecule has 4 N–H and O–H groups in total. The van der Waals surface area contributed by atoms with E-state index in [1.807, 2.05) is 0 Å². The van der Waals surface area contributed by atoms with Gasteiger partial charge in [0.15, 0.2) is 0 Å². The molecule has 0 bridgehead atoms. The first-order valence-corrected chi connectivity index (χ1v) is 5.45. The standard InChI is InChI=1S/C11H13ClN2O2/c12-6-1-2-9(11(14)15)10(3-6)16-8-4-7(13)5-8/h1-3,7-8H,4-5,13H2,(H2,14,15). The number of carbonyl (C=O) groups is 1. The van der Waals surface area contributed by atoms with E-state index in [-0.39, 0.29) is 12.1 Å². The van der Waals surface area contributed by atoms with Crippen LogP contribution in [0.15, 0.2) is 18.2 Å². The molecule has 0 unspecified atom stereocenters. The fourth-order valence-corrected chi connectivity index (χ4v) is 1.84. The van der Waals surface area contributed by atoms with Gasteiger partial charge in [0.25, 0.3) is 5.91 Å². The summed E-state index contributed by atoms with van der Waals surface area (Å²) in [6.45, 7) is 0. The van der Waals surface area contributed by atoms with Crippen LogP contribution in [-0.2, 0) is 0 Å². The summed E-state index contributed by atoms with van der Waals surface area (Å²) in [5.41, 5.74) is 11.2. The van der Waals surface area contributed by atoms with Crippen molar-refractivity contribution in [2.75, 3.05) is 0 Å². The lowest BCUT2D eigenvalue weighted by Crippen LogP contribution is -2.43. The number of hydrogen-bond acceptors (Lipinski definition) is 3. The molecule has 1 aliphatic carbocycles. The van der Waals surface area contributed by atoms with Gasteiger partial charge in [-0.2, -0.15) is 0 Å². The van der Waals surface area contributed by atoms with Gasteiger partial charge in [-0.1, -0.05) is 11.6 Å². The van der Waals surface area contributed by atoms with Crippen LogP contribution in [0.1, 0.15) is 23.2 Å². The van der Waals surface area contributed by atoms with Crippen molar-refractivity contribution < 1.29 is 9.53 Å². The van der Waals surface area contributed by atoms with Gasteiger partial charge in [-0.15, -0.1) is 0 Å². The number of ether oxygens (including phenoxy) is 1. The summed E-state index contributed by atoms with van der Waals surface area (Å²) in [4.78, 5) is 11.2. The first-order chi connectivity index (χ1) is 7.56. The molecule has 0 radical (unpaired) electrons. The van der Waals surface area contributed by atoms with Crippen molar-refractivity contribution in [3.8, 4) is 5.75 Å². The van der Waals surface area contributed by atoms with Crippen LogP contribution in [0, 0.1) is 0 Å². The summed E-state index contributed by atoms with van der Waals surface area (Å²) in [5, 5.41) is 0.517. The molecule has 16 heavy (non-hydrogen) atoms. The Morgan fingerprint density at radius 1 is 1.44 bits per heavy atom. The molecule has 1 aliphatic rings. The van der Waals surface area contributed by atoms with Crippen molar-refractivity contribution in [3.05, 3.63) is 28.8 Å². The molecule has 0 heterocycles. The molecule has 0 saturated heterocycles. The molecule has 1 amide bonds. The Labute approximate surface area is 98.5 Å². The fourth-order valence-electron chi connectivity index (χ4n) is 1.68. The van der Waals surface area contributed by atoms with Crippen LogP contribution in [0.25, 0.3) is 0 Å². The highest BCUT2D eigenvalue weighted by molar-refractivity contribution is 6.30. The Kier molecular flexibility index (Phi) is 3.03. The van der Waals surface area contributed by atoms with Crippen LogP contribution in [0.3, 0.4) is 0 Å². The summed E-state index contributed by atoms with van der Waals surface area (Å²) in [5.74, 6) is -0.0767. The van der Waals surface area contributed by atoms with Crippen molar-refractivity contribution in [1.29, 1.82) is 0 Å². The van der Waals surface area contributed by atoms with Crippen LogP contribution in [0.2, 0.25) is 5.02 Å². The van der Waals surface area contributed by atoms with Crippen molar-refractivity contribution in [2.45, 2.75) is 25.0 Å². The normalized spacial score (nSPS) is 23.6. The van der Waals surface area contributed by atoms with Gasteiger partial charge < -0.3 is 16.2 Å². The predicted molar refractivity (Wildman–Crippen MR) is 61.6 cm³/mol. The van der Waals surface area contributed by atoms with Crippen LogP contribution in [0.4, 0.5) is 0 Å². The molecule has 86 valence electrons. The second-order valence-corrected chi connectivity index (χ2v) is 4.41. The zero-order chi connectivity index (χ0) is 11.7. The second kappa shape index (κ2) is 4.31. The maximum absolute atomic E-state index is 11.2. The fraction of sp³-hybridized carbons (Fsp3) is 0.364. The van der Waals surface area contributed by atoms with E-state index in [0.717, 1.165) is 12.8 Å². The topological polar surface area (TPSA) is 78.3 Å². The molecule has 4 nitrogen and oxygen atoms in total. The highest BCUT2D eigenvalue weighted by atomic mass is 35.5. The number of amides is 1. The van der Waals surface area contributed by atoms with Gasteiger partial charge in [0, 0.05) is 11.1 Å². The van der Waals surface area contributed by atoms with Crippen LogP contribution in [0.5, 0.6) is 5.75 Å². The summed E-state index contributed by atoms with van der Waals surface area (Å²) >= 11 is 5.84. The second-order valence-electron chi connectivity index (χ2n) is 3.98. The van der Waals surface area contributed by atoms with E-state index in [0.29, 0.717) is 16.3 Å². The van der Waals surface area contributed by atoms with Crippen molar-refractivity contribution in [1.82, 2.24) is 0 Å². The van der Waals surface area contributed by atoms with E-state index in [1.54, 1.807) is 18.2 Å². The van der Waals surface area contributed by atoms with Gasteiger partial charge in [0.05, 0.1) is 5.56 Å². The lowest BCUT2D eigenvalue weighted by Gasteiger charge is -2.33. The number of hydrogen-bond donors (Lipinski definition) is 2. The van der Waals surface area contributed by atoms with E-state index in [1.165, 1.54) is 0 Å². The third-order valence-electron chi connectivity index (χ3n) is 2.63. The largest absolute Gasteiger partial charge is 0.489 e. The first kappa shape index (κ1) is 11.2. The Hall–Kier alpha value is -1.26. The average Bonchev–Trinajstić information content (AvgIpc) is 2.15. The molecule has 0 spiro atoms. The van der Waals surface area contributed by atoms with E-state index in [4.69, 9.17) is 27.8 Å². The van der Waals surface area contributed by atoms with Crippen LogP contribution < -0.4 is 16.2 Å². The number of nitrogens with two attached hydrogens (primary N) is 2. The smallest absolute Gasteiger partial charge is 0.252 e. The van der Waals surface area contributed by atoms with Gasteiger partial charge >= 0.3 is 0 Å². The zero-order valence-electron chi connectivity index (χ0n) is 8.65. The van der Waals surface area contributed by atoms with Gasteiger partial charge in [0.2, 0.25) is 0 Å². The molecule has 1 saturated carbocycles. The van der Waals surface area contributed by atoms with Crippen LogP contribution >= 0.6 is 11.6 Å². The number of rotatable bonds is 3. The minimum atomic E-state index is -0.518. The molecule has 0 aromatic heterocycles. The minimum absolute atomic E-state index is 0.0616. The first-order valence-electron chi connectivity index (χ1n) is 5.08. The average molecular weight is 241 g/mol. The van der Waals surface area contributed by atoms with Gasteiger partial charge in [-0.25, -0.2) is 0 Å². The van der Waals surface area contributed by atoms with Crippen molar-refractivity contribution in [3.63, 3.8) is 0 Å². The number of benzene rings is 1. The zero-order valence-corrected chi connectivity index (χ0v) is 9.41. The molecular weight excluding hydrogens is 228 g/mol. The molecule has 0 aliphatic heterocycles. The summed E-state index contributed by atoms with van der Waals surface area (Å²) in [6.07, 6.45) is 1.65. The maximum atomic E-state index is 11.2. The monoisotopic (exact) mass is 240 g/mol. The van der Waals surface area contributed by atoms with E-state index >= 15 is 0 Å². The Balaban J connectivity index is 2.17. The molecule has 2 rings (SSSR count). The molecule has 0 atom stereocenters. The molecule has 1 fully saturated rings. The van der Waals surface area contributed by atoms with Crippen molar-refractivity contribution >= 4 is 17.5 Å². The third-order valence-corrected chi connectivity index (χ3v) is 2.87. The summed E-state index contributed by atoms with van der Waals surface area (Å²) < 4.78 is 5.63. The SMILES string of the molecule is NC(=O)c1ccc(Cl)cc1OC1CC(N)C1. The molecular formula is C11H13ClN2O2. The molecule has 1 aromatic carbocycles. The third kappa shape index (κ3) is 2.28. The van der Waals surface area contributed by atoms with E-state index in [9.17, 15) is 4.79 Å². The number of carbonyl (C=O) groups excluding carboxylic acids is 1. The lowest BCUT2D eigenvalue weighted by atomic mass is 9.90. The summed E-state index contributed by atoms with van der Waals surface area (Å²) in [7, 11) is 0. The predicted octanol–water partition coefficient (Wildman–Crippen LogP) is 1.31. The summed E-state index contributed by atoms with van der Waals surface area (Å²) in [6, 6.07) is 4.98. The Morgan fingerprint density at radius 2 is 2.12 bits per heavy atom. The molecule has 1 aromatic rings. The Bertz CT molecular complexity index is 416. The Morgan fingerprint density at radius 3 is 2.69 bits per heavy atom. The van der Waals surface area contributed by atoms with Gasteiger partial charge in [-0.3, -0.25) is 4.79 Å². The van der Waals surface area contributed by atoms with E-state index in [2.05, 4.69) is 0 Å². The minimum Gasteiger partial charge on any atom is -0.489 e. The lowest BCUT2D eigenvalue weighted by molar-refractivity contribution is 0.0927. The highest BCUT2D eigenvalue weighted by Crippen LogP contribution is 2.29. The highest BCUT2D eigenvalue weighted by Gasteiger charge is 2.28. The number of halogens is 1.